The number of nitrogens with one attached hydrogen (secondary N) is 1. The van der Waals surface area contributed by atoms with Crippen LogP contribution in [0.3, 0.4) is 0 Å². The van der Waals surface area contributed by atoms with E-state index in [1.807, 2.05) is 74.5 Å². The molecule has 6 atom stereocenters. The van der Waals surface area contributed by atoms with E-state index in [4.69, 9.17) is 37.9 Å². The van der Waals surface area contributed by atoms with Crippen molar-refractivity contribution in [2.45, 2.75) is 141 Å². The van der Waals surface area contributed by atoms with Crippen LogP contribution in [0.2, 0.25) is 0 Å². The first kappa shape index (κ1) is 61.3. The van der Waals surface area contributed by atoms with Crippen LogP contribution in [0.4, 0.5) is 0 Å². The van der Waals surface area contributed by atoms with Gasteiger partial charge in [-0.25, -0.2) is 14.4 Å². The van der Waals surface area contributed by atoms with Crippen molar-refractivity contribution in [2.75, 3.05) is 13.2 Å². The molecule has 0 radical (unpaired) electrons. The summed E-state index contributed by atoms with van der Waals surface area (Å²) in [6.07, 6.45) is 3.49. The Morgan fingerprint density at radius 2 is 0.925 bits per heavy atom. The van der Waals surface area contributed by atoms with Gasteiger partial charge in [0.1, 0.15) is 32.5 Å². The van der Waals surface area contributed by atoms with Crippen LogP contribution < -0.4 is 5.32 Å². The summed E-state index contributed by atoms with van der Waals surface area (Å²) in [5.41, 5.74) is 2.16. The molecule has 0 aromatic heterocycles. The number of unbranched alkanes of at least 4 members (excludes halogenated alkanes) is 6. The highest BCUT2D eigenvalue weighted by Gasteiger charge is 2.54. The van der Waals surface area contributed by atoms with Gasteiger partial charge in [0.2, 0.25) is 5.91 Å². The minimum atomic E-state index is -1.58. The maximum absolute atomic E-state index is 14.1. The first-order valence-corrected chi connectivity index (χ1v) is 27.5. The number of carbonyl (C=O) groups is 7. The summed E-state index contributed by atoms with van der Waals surface area (Å²) < 4.78 is 48.4. The number of esters is 6. The summed E-state index contributed by atoms with van der Waals surface area (Å²) in [6, 6.07) is 42.9. The summed E-state index contributed by atoms with van der Waals surface area (Å²) in [5, 5.41) is 2.63. The topological polar surface area (TPSA) is 205 Å². The maximum Gasteiger partial charge on any atom is 0.338 e. The van der Waals surface area contributed by atoms with Crippen LogP contribution in [0.5, 0.6) is 0 Å². The quantitative estimate of drug-likeness (QED) is 0.0184. The lowest BCUT2D eigenvalue weighted by Gasteiger charge is -2.45. The molecule has 0 aliphatic carbocycles. The molecule has 6 rings (SSSR count). The van der Waals surface area contributed by atoms with Crippen LogP contribution in [0.1, 0.15) is 133 Å². The fourth-order valence-corrected chi connectivity index (χ4v) is 8.61. The number of hydrogen-bond donors (Lipinski definition) is 1. The predicted molar refractivity (Wildman–Crippen MR) is 296 cm³/mol. The third kappa shape index (κ3) is 21.7. The Morgan fingerprint density at radius 1 is 0.487 bits per heavy atom. The van der Waals surface area contributed by atoms with E-state index in [0.29, 0.717) is 19.3 Å². The Bertz CT molecular complexity index is 2700. The predicted octanol–water partition coefficient (Wildman–Crippen LogP) is 10.8. The van der Waals surface area contributed by atoms with E-state index in [1.165, 1.54) is 12.1 Å². The summed E-state index contributed by atoms with van der Waals surface area (Å²) in [7, 11) is 0. The van der Waals surface area contributed by atoms with Crippen molar-refractivity contribution in [3.8, 4) is 0 Å². The van der Waals surface area contributed by atoms with Gasteiger partial charge in [-0.2, -0.15) is 0 Å². The van der Waals surface area contributed by atoms with E-state index in [0.717, 1.165) is 56.1 Å². The Kier molecular flexibility index (Phi) is 26.1. The highest BCUT2D eigenvalue weighted by atomic mass is 16.7. The lowest BCUT2D eigenvalue weighted by Crippen LogP contribution is -2.63. The zero-order valence-electron chi connectivity index (χ0n) is 45.6. The molecule has 5 aromatic carbocycles. The summed E-state index contributed by atoms with van der Waals surface area (Å²) >= 11 is 0. The van der Waals surface area contributed by atoms with Gasteiger partial charge in [0.05, 0.1) is 35.6 Å². The average Bonchev–Trinajstić information content (AvgIpc) is 3.49. The van der Waals surface area contributed by atoms with Gasteiger partial charge in [-0.05, 0) is 92.0 Å². The summed E-state index contributed by atoms with van der Waals surface area (Å²) in [4.78, 5) is 92.4. The fraction of sp³-hybridized carbons (Fsp3) is 0.391. The van der Waals surface area contributed by atoms with Crippen molar-refractivity contribution in [1.29, 1.82) is 0 Å². The molecule has 5 aromatic rings. The number of carbonyl (C=O) groups excluding carboxylic acids is 7. The monoisotopic (exact) mass is 1100 g/mol. The van der Waals surface area contributed by atoms with Gasteiger partial charge in [-0.3, -0.25) is 19.2 Å². The molecule has 80 heavy (non-hydrogen) atoms. The Labute approximate surface area is 468 Å². The summed E-state index contributed by atoms with van der Waals surface area (Å²) in [6.45, 7) is 3.46. The second kappa shape index (κ2) is 34.1. The van der Waals surface area contributed by atoms with Gasteiger partial charge in [-0.15, -0.1) is 0 Å². The number of amides is 1. The van der Waals surface area contributed by atoms with Gasteiger partial charge >= 0.3 is 35.8 Å². The molecule has 1 saturated heterocycles. The third-order valence-electron chi connectivity index (χ3n) is 13.1. The molecule has 0 bridgehead atoms. The largest absolute Gasteiger partial charge is 0.463 e. The van der Waals surface area contributed by atoms with E-state index in [1.54, 1.807) is 78.9 Å². The summed E-state index contributed by atoms with van der Waals surface area (Å²) in [5.74, 6) is -4.59. The molecule has 424 valence electrons. The maximum atomic E-state index is 14.1. The van der Waals surface area contributed by atoms with Gasteiger partial charge < -0.3 is 43.2 Å². The SMILES string of the molecule is CC(C)[C@H](CCCCC/C=C/CCCCCC(=O)NCC(=O)OCc1ccccc1)O[C@@H]1O[C@H](COC(=O)CCC(=O)OCc2ccccc2)[C@@H](OC(=O)c2ccccc2)[C@H](OC(=O)c2ccccc2)[C@H]1OC(=O)c1ccccc1. The van der Waals surface area contributed by atoms with E-state index in [9.17, 15) is 33.6 Å². The van der Waals surface area contributed by atoms with Crippen molar-refractivity contribution in [1.82, 2.24) is 5.32 Å². The van der Waals surface area contributed by atoms with Crippen molar-refractivity contribution in [3.63, 3.8) is 0 Å². The molecule has 0 unspecified atom stereocenters. The third-order valence-corrected chi connectivity index (χ3v) is 13.1. The van der Waals surface area contributed by atoms with Crippen LogP contribution >= 0.6 is 0 Å². The molecular formula is C64H73NO15. The number of ether oxygens (including phenoxy) is 8. The minimum Gasteiger partial charge on any atom is -0.463 e. The molecule has 1 aliphatic heterocycles. The van der Waals surface area contributed by atoms with Crippen molar-refractivity contribution >= 4 is 41.7 Å². The van der Waals surface area contributed by atoms with Crippen molar-refractivity contribution < 1.29 is 71.5 Å². The van der Waals surface area contributed by atoms with Crippen LogP contribution in [-0.4, -0.2) is 91.7 Å². The Balaban J connectivity index is 1.09. The molecule has 1 fully saturated rings. The highest BCUT2D eigenvalue weighted by molar-refractivity contribution is 5.91. The van der Waals surface area contributed by atoms with Crippen LogP contribution in [0.25, 0.3) is 0 Å². The molecule has 1 heterocycles. The molecule has 1 N–H and O–H groups in total. The number of hydrogen-bond acceptors (Lipinski definition) is 15. The Hall–Kier alpha value is -7.95. The number of rotatable bonds is 32. The molecular weight excluding hydrogens is 1020 g/mol. The van der Waals surface area contributed by atoms with Crippen molar-refractivity contribution in [2.24, 2.45) is 5.92 Å². The van der Waals surface area contributed by atoms with Crippen molar-refractivity contribution in [3.05, 3.63) is 192 Å². The number of allylic oxidation sites excluding steroid dienone is 2. The average molecular weight is 1100 g/mol. The van der Waals surface area contributed by atoms with Gasteiger partial charge in [0.25, 0.3) is 0 Å². The van der Waals surface area contributed by atoms with E-state index < -0.39 is 79.2 Å². The van der Waals surface area contributed by atoms with Crippen LogP contribution in [-0.2, 0) is 70.3 Å². The standard InChI is InChI=1S/C64H73NO15/c1-46(2)52(38-26-9-7-5-3-4-6-8-10-27-39-54(66)65-42-57(69)74-44-48-30-18-12-19-31-48)76-64-60(80-63(72)51-36-24-15-25-37-51)59(79-62(71)50-34-22-14-23-35-50)58(78-61(70)49-32-20-13-21-33-49)53(77-64)45-75-56(68)41-40-55(67)73-43-47-28-16-11-17-29-47/h3-4,11-25,28-37,46,52-53,58-60,64H,5-10,26-27,38-45H2,1-2H3,(H,65,66)/b4-3+/t52-,53+,58+,59-,60+,64+/m0/s1. The van der Waals surface area contributed by atoms with Gasteiger partial charge in [0.15, 0.2) is 24.6 Å². The first-order valence-electron chi connectivity index (χ1n) is 27.5. The fourth-order valence-electron chi connectivity index (χ4n) is 8.61. The normalized spacial score (nSPS) is 17.2. The van der Waals surface area contributed by atoms with Crippen LogP contribution in [0, 0.1) is 5.92 Å². The molecule has 16 nitrogen and oxygen atoms in total. The first-order chi connectivity index (χ1) is 38.9. The lowest BCUT2D eigenvalue weighted by molar-refractivity contribution is -0.312. The molecule has 1 amide bonds. The van der Waals surface area contributed by atoms with E-state index in [-0.39, 0.29) is 61.1 Å². The molecule has 0 saturated carbocycles. The van der Waals surface area contributed by atoms with Gasteiger partial charge in [-0.1, -0.05) is 161 Å². The van der Waals surface area contributed by atoms with E-state index in [2.05, 4.69) is 17.5 Å². The zero-order chi connectivity index (χ0) is 56.7. The Morgan fingerprint density at radius 3 is 1.43 bits per heavy atom. The molecule has 16 heteroatoms. The molecule has 1 aliphatic rings. The number of benzene rings is 5. The van der Waals surface area contributed by atoms with Crippen LogP contribution in [0.15, 0.2) is 164 Å². The van der Waals surface area contributed by atoms with Gasteiger partial charge in [0, 0.05) is 6.42 Å². The lowest BCUT2D eigenvalue weighted by atomic mass is 9.96. The minimum absolute atomic E-state index is 0.0299. The second-order valence-electron chi connectivity index (χ2n) is 19.6. The second-order valence-corrected chi connectivity index (χ2v) is 19.6. The smallest absolute Gasteiger partial charge is 0.338 e. The highest BCUT2D eigenvalue weighted by Crippen LogP contribution is 2.34. The molecule has 0 spiro atoms. The van der Waals surface area contributed by atoms with E-state index >= 15 is 0 Å². The zero-order valence-corrected chi connectivity index (χ0v) is 45.6.